The van der Waals surface area contributed by atoms with Crippen LogP contribution in [-0.2, 0) is 17.6 Å². The summed E-state index contributed by atoms with van der Waals surface area (Å²) < 4.78 is 11.6. The van der Waals surface area contributed by atoms with Gasteiger partial charge in [0.1, 0.15) is 23.4 Å². The van der Waals surface area contributed by atoms with E-state index in [2.05, 4.69) is 9.97 Å². The fourth-order valence-corrected chi connectivity index (χ4v) is 3.92. The SMILES string of the molecule is Cc1nc(C2CN(C(=O)c3c(C)oc4c3CCCC4)CCO2)cc(=O)[nH]1. The minimum Gasteiger partial charge on any atom is -0.465 e. The molecule has 2 aromatic heterocycles. The molecule has 26 heavy (non-hydrogen) atoms. The molecule has 2 aromatic rings. The Bertz CT molecular complexity index is 899. The molecule has 3 heterocycles. The molecule has 1 aliphatic heterocycles. The van der Waals surface area contributed by atoms with Gasteiger partial charge >= 0.3 is 0 Å². The van der Waals surface area contributed by atoms with Crippen molar-refractivity contribution in [1.29, 1.82) is 0 Å². The molecule has 1 fully saturated rings. The molecule has 7 nitrogen and oxygen atoms in total. The van der Waals surface area contributed by atoms with Crippen LogP contribution in [0.25, 0.3) is 0 Å². The Hall–Kier alpha value is -2.41. The Labute approximate surface area is 151 Å². The number of hydrogen-bond donors (Lipinski definition) is 1. The predicted octanol–water partition coefficient (Wildman–Crippen LogP) is 2.07. The first-order valence-corrected chi connectivity index (χ1v) is 9.13. The number of ether oxygens (including phenoxy) is 1. The van der Waals surface area contributed by atoms with Gasteiger partial charge in [0.2, 0.25) is 0 Å². The topological polar surface area (TPSA) is 88.4 Å². The van der Waals surface area contributed by atoms with Crippen molar-refractivity contribution in [3.63, 3.8) is 0 Å². The third-order valence-corrected chi connectivity index (χ3v) is 5.12. The van der Waals surface area contributed by atoms with Crippen LogP contribution >= 0.6 is 0 Å². The van der Waals surface area contributed by atoms with E-state index in [9.17, 15) is 9.59 Å². The third kappa shape index (κ3) is 3.07. The monoisotopic (exact) mass is 357 g/mol. The van der Waals surface area contributed by atoms with Crippen molar-refractivity contribution in [3.8, 4) is 0 Å². The summed E-state index contributed by atoms with van der Waals surface area (Å²) in [4.78, 5) is 33.7. The van der Waals surface area contributed by atoms with E-state index in [1.54, 1.807) is 11.8 Å². The van der Waals surface area contributed by atoms with E-state index in [0.29, 0.717) is 37.0 Å². The smallest absolute Gasteiger partial charge is 0.257 e. The second-order valence-corrected chi connectivity index (χ2v) is 7.01. The van der Waals surface area contributed by atoms with E-state index in [0.717, 1.165) is 42.6 Å². The predicted molar refractivity (Wildman–Crippen MR) is 94.3 cm³/mol. The Balaban J connectivity index is 1.59. The zero-order chi connectivity index (χ0) is 18.3. The zero-order valence-corrected chi connectivity index (χ0v) is 15.1. The number of hydrogen-bond acceptors (Lipinski definition) is 5. The van der Waals surface area contributed by atoms with Crippen molar-refractivity contribution in [3.05, 3.63) is 50.6 Å². The van der Waals surface area contributed by atoms with E-state index in [1.165, 1.54) is 6.07 Å². The molecule has 4 rings (SSSR count). The largest absolute Gasteiger partial charge is 0.465 e. The van der Waals surface area contributed by atoms with Crippen molar-refractivity contribution in [2.45, 2.75) is 45.6 Å². The van der Waals surface area contributed by atoms with Gasteiger partial charge in [-0.2, -0.15) is 0 Å². The van der Waals surface area contributed by atoms with Gasteiger partial charge in [-0.15, -0.1) is 0 Å². The lowest BCUT2D eigenvalue weighted by Crippen LogP contribution is -2.43. The van der Waals surface area contributed by atoms with Crippen LogP contribution in [-0.4, -0.2) is 40.5 Å². The van der Waals surface area contributed by atoms with Crippen molar-refractivity contribution in [2.75, 3.05) is 19.7 Å². The van der Waals surface area contributed by atoms with Crippen LogP contribution in [0.1, 0.15) is 57.9 Å². The number of aromatic amines is 1. The fraction of sp³-hybridized carbons (Fsp3) is 0.526. The molecule has 2 aliphatic rings. The second-order valence-electron chi connectivity index (χ2n) is 7.01. The number of nitrogens with one attached hydrogen (secondary N) is 1. The average Bonchev–Trinajstić information content (AvgIpc) is 2.96. The minimum absolute atomic E-state index is 0.00994. The number of aryl methyl sites for hydroxylation is 3. The van der Waals surface area contributed by atoms with Crippen LogP contribution in [0.2, 0.25) is 0 Å². The van der Waals surface area contributed by atoms with Crippen molar-refractivity contribution in [2.24, 2.45) is 0 Å². The van der Waals surface area contributed by atoms with E-state index in [4.69, 9.17) is 9.15 Å². The molecule has 0 radical (unpaired) electrons. The van der Waals surface area contributed by atoms with Gasteiger partial charge in [-0.1, -0.05) is 0 Å². The number of morpholine rings is 1. The Morgan fingerprint density at radius 3 is 2.92 bits per heavy atom. The number of fused-ring (bicyclic) bond motifs is 1. The highest BCUT2D eigenvalue weighted by Gasteiger charge is 2.32. The summed E-state index contributed by atoms with van der Waals surface area (Å²) in [6.45, 7) is 4.93. The van der Waals surface area contributed by atoms with E-state index in [-0.39, 0.29) is 11.5 Å². The van der Waals surface area contributed by atoms with Crippen LogP contribution in [0.5, 0.6) is 0 Å². The van der Waals surface area contributed by atoms with Gasteiger partial charge in [-0.25, -0.2) is 4.98 Å². The lowest BCUT2D eigenvalue weighted by molar-refractivity contribution is -0.0249. The van der Waals surface area contributed by atoms with Gasteiger partial charge in [-0.05, 0) is 33.1 Å². The lowest BCUT2D eigenvalue weighted by atomic mass is 9.94. The molecule has 7 heteroatoms. The number of H-pyrrole nitrogens is 1. The summed E-state index contributed by atoms with van der Waals surface area (Å²) in [5, 5.41) is 0. The molecular weight excluding hydrogens is 334 g/mol. The summed E-state index contributed by atoms with van der Waals surface area (Å²) in [5.41, 5.74) is 2.15. The molecule has 1 N–H and O–H groups in total. The molecule has 1 amide bonds. The Morgan fingerprint density at radius 2 is 2.12 bits per heavy atom. The third-order valence-electron chi connectivity index (χ3n) is 5.12. The summed E-state index contributed by atoms with van der Waals surface area (Å²) in [6, 6.07) is 1.44. The standard InChI is InChI=1S/C19H23N3O4/c1-11-18(13-5-3-4-6-15(13)26-11)19(24)22-7-8-25-16(10-22)14-9-17(23)21-12(2)20-14/h9,16H,3-8,10H2,1-2H3,(H,20,21,23). The van der Waals surface area contributed by atoms with Crippen molar-refractivity contribution in [1.82, 2.24) is 14.9 Å². The summed E-state index contributed by atoms with van der Waals surface area (Å²) in [7, 11) is 0. The quantitative estimate of drug-likeness (QED) is 0.889. The first-order chi connectivity index (χ1) is 12.5. The second kappa shape index (κ2) is 6.72. The van der Waals surface area contributed by atoms with E-state index < -0.39 is 6.10 Å². The molecule has 0 bridgehead atoms. The molecular formula is C19H23N3O4. The maximum Gasteiger partial charge on any atom is 0.257 e. The van der Waals surface area contributed by atoms with Crippen LogP contribution in [0.3, 0.4) is 0 Å². The summed E-state index contributed by atoms with van der Waals surface area (Å²) in [6.07, 6.45) is 3.62. The molecule has 0 spiro atoms. The average molecular weight is 357 g/mol. The Kier molecular flexibility index (Phi) is 4.40. The zero-order valence-electron chi connectivity index (χ0n) is 15.1. The number of furan rings is 1. The number of aromatic nitrogens is 2. The molecule has 0 saturated carbocycles. The van der Waals surface area contributed by atoms with Crippen LogP contribution in [0.4, 0.5) is 0 Å². The highest BCUT2D eigenvalue weighted by molar-refractivity contribution is 5.97. The van der Waals surface area contributed by atoms with Gasteiger partial charge < -0.3 is 19.0 Å². The number of carbonyl (C=O) groups excluding carboxylic acids is 1. The molecule has 1 unspecified atom stereocenters. The maximum absolute atomic E-state index is 13.2. The molecule has 1 saturated heterocycles. The number of carbonyl (C=O) groups is 1. The van der Waals surface area contributed by atoms with Gasteiger partial charge in [0.15, 0.2) is 0 Å². The summed E-state index contributed by atoms with van der Waals surface area (Å²) in [5.74, 6) is 2.20. The molecule has 138 valence electrons. The van der Waals surface area contributed by atoms with Crippen molar-refractivity contribution < 1.29 is 13.9 Å². The van der Waals surface area contributed by atoms with Gasteiger partial charge in [-0.3, -0.25) is 9.59 Å². The highest BCUT2D eigenvalue weighted by Crippen LogP contribution is 2.31. The number of rotatable bonds is 2. The number of nitrogens with zero attached hydrogens (tertiary/aromatic N) is 2. The number of amides is 1. The highest BCUT2D eigenvalue weighted by atomic mass is 16.5. The Morgan fingerprint density at radius 1 is 1.31 bits per heavy atom. The van der Waals surface area contributed by atoms with Gasteiger partial charge in [0.05, 0.1) is 24.4 Å². The lowest BCUT2D eigenvalue weighted by Gasteiger charge is -2.33. The summed E-state index contributed by atoms with van der Waals surface area (Å²) >= 11 is 0. The van der Waals surface area contributed by atoms with Crippen LogP contribution in [0.15, 0.2) is 15.3 Å². The molecule has 1 atom stereocenters. The van der Waals surface area contributed by atoms with Crippen LogP contribution in [0, 0.1) is 13.8 Å². The molecule has 1 aliphatic carbocycles. The maximum atomic E-state index is 13.2. The fourth-order valence-electron chi connectivity index (χ4n) is 3.92. The van der Waals surface area contributed by atoms with Gasteiger partial charge in [0, 0.05) is 24.6 Å². The van der Waals surface area contributed by atoms with Crippen LogP contribution < -0.4 is 5.56 Å². The molecule has 0 aromatic carbocycles. The van der Waals surface area contributed by atoms with E-state index in [1.807, 2.05) is 6.92 Å². The van der Waals surface area contributed by atoms with Gasteiger partial charge in [0.25, 0.3) is 11.5 Å². The first-order valence-electron chi connectivity index (χ1n) is 9.13. The first kappa shape index (κ1) is 17.0. The minimum atomic E-state index is -0.392. The normalized spacial score (nSPS) is 20.1. The van der Waals surface area contributed by atoms with Crippen molar-refractivity contribution >= 4 is 5.91 Å². The van der Waals surface area contributed by atoms with E-state index >= 15 is 0 Å².